The van der Waals surface area contributed by atoms with E-state index in [2.05, 4.69) is 13.0 Å². The first-order chi connectivity index (χ1) is 10.1. The van der Waals surface area contributed by atoms with Crippen molar-refractivity contribution in [3.05, 3.63) is 36.0 Å². The fraction of sp³-hybridized carbons (Fsp3) is 0.556. The van der Waals surface area contributed by atoms with Crippen LogP contribution in [0.3, 0.4) is 0 Å². The van der Waals surface area contributed by atoms with Crippen LogP contribution >= 0.6 is 0 Å². The Kier molecular flexibility index (Phi) is 8.41. The van der Waals surface area contributed by atoms with Crippen molar-refractivity contribution in [2.24, 2.45) is 5.92 Å². The molecule has 0 amide bonds. The van der Waals surface area contributed by atoms with Crippen molar-refractivity contribution in [1.82, 2.24) is 0 Å². The zero-order chi connectivity index (χ0) is 15.5. The van der Waals surface area contributed by atoms with Crippen molar-refractivity contribution >= 4 is 11.8 Å². The predicted molar refractivity (Wildman–Crippen MR) is 85.1 cm³/mol. The van der Waals surface area contributed by atoms with E-state index in [1.807, 2.05) is 18.2 Å². The molecule has 3 nitrogen and oxygen atoms in total. The van der Waals surface area contributed by atoms with Gasteiger partial charge in [-0.25, -0.2) is 0 Å². The average molecular weight is 290 g/mol. The van der Waals surface area contributed by atoms with Crippen LogP contribution in [0, 0.1) is 5.92 Å². The number of ketones is 1. The number of carboxylic acid groups (broad SMARTS) is 1. The first-order valence-electron chi connectivity index (χ1n) is 7.96. The van der Waals surface area contributed by atoms with Crippen LogP contribution in [0.25, 0.3) is 0 Å². The largest absolute Gasteiger partial charge is 0.481 e. The summed E-state index contributed by atoms with van der Waals surface area (Å²) in [4.78, 5) is 22.2. The molecule has 1 aliphatic carbocycles. The monoisotopic (exact) mass is 290 g/mol. The van der Waals surface area contributed by atoms with Crippen LogP contribution in [-0.2, 0) is 9.59 Å². The zero-order valence-corrected chi connectivity index (χ0v) is 12.9. The molecule has 116 valence electrons. The molecule has 1 atom stereocenters. The summed E-state index contributed by atoms with van der Waals surface area (Å²) < 4.78 is 0. The van der Waals surface area contributed by atoms with Gasteiger partial charge < -0.3 is 5.11 Å². The van der Waals surface area contributed by atoms with Gasteiger partial charge in [-0.3, -0.25) is 9.59 Å². The van der Waals surface area contributed by atoms with Crippen LogP contribution in [-0.4, -0.2) is 16.9 Å². The lowest BCUT2D eigenvalue weighted by Gasteiger charge is -2.09. The summed E-state index contributed by atoms with van der Waals surface area (Å²) in [5, 5.41) is 8.55. The van der Waals surface area contributed by atoms with Gasteiger partial charge in [0.2, 0.25) is 0 Å². The molecular formula is C18H26O3. The molecule has 0 aliphatic heterocycles. The van der Waals surface area contributed by atoms with E-state index in [4.69, 9.17) is 5.11 Å². The van der Waals surface area contributed by atoms with E-state index in [-0.39, 0.29) is 18.1 Å². The fourth-order valence-corrected chi connectivity index (χ4v) is 2.52. The van der Waals surface area contributed by atoms with Gasteiger partial charge in [0.1, 0.15) is 0 Å². The maximum Gasteiger partial charge on any atom is 0.303 e. The van der Waals surface area contributed by atoms with Crippen molar-refractivity contribution in [2.75, 3.05) is 0 Å². The van der Waals surface area contributed by atoms with Gasteiger partial charge in [0.25, 0.3) is 0 Å². The molecule has 0 radical (unpaired) electrons. The van der Waals surface area contributed by atoms with E-state index in [0.717, 1.165) is 50.5 Å². The lowest BCUT2D eigenvalue weighted by Crippen LogP contribution is -2.02. The highest BCUT2D eigenvalue weighted by Crippen LogP contribution is 2.27. The third-order valence-electron chi connectivity index (χ3n) is 3.72. The summed E-state index contributed by atoms with van der Waals surface area (Å²) >= 11 is 0. The molecular weight excluding hydrogens is 264 g/mol. The van der Waals surface area contributed by atoms with Crippen LogP contribution in [0.5, 0.6) is 0 Å². The third-order valence-corrected chi connectivity index (χ3v) is 3.72. The van der Waals surface area contributed by atoms with Gasteiger partial charge in [-0.15, -0.1) is 0 Å². The summed E-state index contributed by atoms with van der Waals surface area (Å²) in [5.74, 6) is -0.306. The molecule has 0 fully saturated rings. The molecule has 0 aromatic heterocycles. The summed E-state index contributed by atoms with van der Waals surface area (Å²) in [6, 6.07) is 0. The summed E-state index contributed by atoms with van der Waals surface area (Å²) in [5.41, 5.74) is 0.908. The van der Waals surface area contributed by atoms with E-state index in [0.29, 0.717) is 0 Å². The Hall–Kier alpha value is -1.64. The number of carbonyl (C=O) groups excluding carboxylic acids is 1. The number of carboxylic acids is 1. The zero-order valence-electron chi connectivity index (χ0n) is 12.9. The molecule has 3 heteroatoms. The number of aliphatic carboxylic acids is 1. The Morgan fingerprint density at radius 1 is 1.24 bits per heavy atom. The van der Waals surface area contributed by atoms with Crippen LogP contribution in [0.2, 0.25) is 0 Å². The molecule has 0 heterocycles. The molecule has 0 aromatic carbocycles. The number of hydrogen-bond acceptors (Lipinski definition) is 2. The minimum atomic E-state index is -0.709. The third kappa shape index (κ3) is 7.07. The lowest BCUT2D eigenvalue weighted by atomic mass is 9.94. The van der Waals surface area contributed by atoms with Gasteiger partial charge in [0, 0.05) is 17.9 Å². The van der Waals surface area contributed by atoms with Gasteiger partial charge in [-0.1, -0.05) is 56.9 Å². The molecule has 0 saturated heterocycles. The molecule has 0 saturated carbocycles. The molecule has 1 aliphatic rings. The average Bonchev–Trinajstić information content (AvgIpc) is 2.79. The molecule has 21 heavy (non-hydrogen) atoms. The second-order valence-electron chi connectivity index (χ2n) is 5.49. The quantitative estimate of drug-likeness (QED) is 0.477. The van der Waals surface area contributed by atoms with Gasteiger partial charge in [-0.2, -0.15) is 0 Å². The SMILES string of the molecule is CC/C=C\C=C1/C(=O)C=CC1CCCCCCCC(=O)O. The van der Waals surface area contributed by atoms with Crippen molar-refractivity contribution < 1.29 is 14.7 Å². The van der Waals surface area contributed by atoms with E-state index >= 15 is 0 Å². The fourth-order valence-electron chi connectivity index (χ4n) is 2.52. The van der Waals surface area contributed by atoms with Gasteiger partial charge >= 0.3 is 5.97 Å². The van der Waals surface area contributed by atoms with Gasteiger partial charge in [0.15, 0.2) is 5.78 Å². The second kappa shape index (κ2) is 10.1. The normalized spacial score (nSPS) is 20.0. The highest BCUT2D eigenvalue weighted by molar-refractivity contribution is 6.07. The maximum atomic E-state index is 11.8. The minimum absolute atomic E-state index is 0.141. The summed E-state index contributed by atoms with van der Waals surface area (Å²) in [6.07, 6.45) is 16.9. The Morgan fingerprint density at radius 2 is 1.95 bits per heavy atom. The molecule has 1 N–H and O–H groups in total. The number of hydrogen-bond donors (Lipinski definition) is 1. The van der Waals surface area contributed by atoms with Gasteiger partial charge in [0.05, 0.1) is 0 Å². The van der Waals surface area contributed by atoms with Crippen LogP contribution in [0.15, 0.2) is 36.0 Å². The van der Waals surface area contributed by atoms with E-state index in [1.165, 1.54) is 0 Å². The Labute approximate surface area is 127 Å². The molecule has 1 unspecified atom stereocenters. The topological polar surface area (TPSA) is 54.4 Å². The first-order valence-corrected chi connectivity index (χ1v) is 7.96. The molecule has 1 rings (SSSR count). The number of carbonyl (C=O) groups is 2. The Balaban J connectivity index is 2.23. The Morgan fingerprint density at radius 3 is 2.67 bits per heavy atom. The molecule has 0 aromatic rings. The van der Waals surface area contributed by atoms with Gasteiger partial charge in [-0.05, 0) is 25.3 Å². The van der Waals surface area contributed by atoms with E-state index < -0.39 is 5.97 Å². The summed E-state index contributed by atoms with van der Waals surface area (Å²) in [7, 11) is 0. The smallest absolute Gasteiger partial charge is 0.303 e. The van der Waals surface area contributed by atoms with E-state index in [9.17, 15) is 9.59 Å². The first kappa shape index (κ1) is 17.4. The van der Waals surface area contributed by atoms with E-state index in [1.54, 1.807) is 6.08 Å². The highest BCUT2D eigenvalue weighted by Gasteiger charge is 2.21. The Bertz CT molecular complexity index is 430. The van der Waals surface area contributed by atoms with Crippen LogP contribution < -0.4 is 0 Å². The molecule has 0 bridgehead atoms. The number of unbranched alkanes of at least 4 members (excludes halogenated alkanes) is 4. The van der Waals surface area contributed by atoms with Crippen molar-refractivity contribution in [3.8, 4) is 0 Å². The van der Waals surface area contributed by atoms with Crippen molar-refractivity contribution in [2.45, 2.75) is 58.3 Å². The van der Waals surface area contributed by atoms with Crippen LogP contribution in [0.4, 0.5) is 0 Å². The maximum absolute atomic E-state index is 11.8. The van der Waals surface area contributed by atoms with Crippen molar-refractivity contribution in [1.29, 1.82) is 0 Å². The highest BCUT2D eigenvalue weighted by atomic mass is 16.4. The van der Waals surface area contributed by atoms with Crippen LogP contribution in [0.1, 0.15) is 58.3 Å². The second-order valence-corrected chi connectivity index (χ2v) is 5.49. The minimum Gasteiger partial charge on any atom is -0.481 e. The predicted octanol–water partition coefficient (Wildman–Crippen LogP) is 4.45. The lowest BCUT2D eigenvalue weighted by molar-refractivity contribution is -0.137. The standard InChI is InChI=1S/C18H26O3/c1-2-3-7-11-16-15(13-14-17(16)19)10-8-5-4-6-9-12-18(20)21/h3,7,11,13-15H,2,4-6,8-10,12H2,1H3,(H,20,21)/b7-3-,16-11-. The molecule has 0 spiro atoms. The number of allylic oxidation sites excluding steroid dienone is 6. The van der Waals surface area contributed by atoms with Crippen molar-refractivity contribution in [3.63, 3.8) is 0 Å². The number of rotatable bonds is 10. The summed E-state index contributed by atoms with van der Waals surface area (Å²) in [6.45, 7) is 2.07.